The van der Waals surface area contributed by atoms with Crippen molar-refractivity contribution < 1.29 is 9.90 Å². The number of hydrogen-bond donors (Lipinski definition) is 2. The quantitative estimate of drug-likeness (QED) is 0.807. The molecule has 4 nitrogen and oxygen atoms in total. The summed E-state index contributed by atoms with van der Waals surface area (Å²) in [5.74, 6) is -0.906. The number of nitrogen functional groups attached to an aromatic ring is 1. The number of carboxylic acids is 1. The van der Waals surface area contributed by atoms with Crippen LogP contribution in [-0.4, -0.2) is 23.2 Å². The van der Waals surface area contributed by atoms with Gasteiger partial charge in [0.05, 0.1) is 16.9 Å². The molecule has 0 saturated carbocycles. The summed E-state index contributed by atoms with van der Waals surface area (Å²) in [6.45, 7) is 4.33. The Hall–Kier alpha value is -1.71. The second kappa shape index (κ2) is 4.88. The average Bonchev–Trinajstić information content (AvgIpc) is 2.71. The van der Waals surface area contributed by atoms with Crippen molar-refractivity contribution in [2.24, 2.45) is 0 Å². The fraction of sp³-hybridized carbons (Fsp3) is 0.500. The van der Waals surface area contributed by atoms with Gasteiger partial charge in [0.25, 0.3) is 0 Å². The molecule has 3 N–H and O–H groups in total. The van der Waals surface area contributed by atoms with Crippen LogP contribution in [0.25, 0.3) is 0 Å². The molecular formula is C14H20N2O2. The summed E-state index contributed by atoms with van der Waals surface area (Å²) in [5, 5.41) is 9.07. The number of rotatable bonds is 3. The van der Waals surface area contributed by atoms with Gasteiger partial charge in [-0.3, -0.25) is 0 Å². The number of carboxylic acid groups (broad SMARTS) is 1. The topological polar surface area (TPSA) is 66.6 Å². The highest BCUT2D eigenvalue weighted by Crippen LogP contribution is 2.35. The molecule has 1 aliphatic rings. The first kappa shape index (κ1) is 12.7. The Morgan fingerprint density at radius 3 is 2.83 bits per heavy atom. The van der Waals surface area contributed by atoms with Gasteiger partial charge in [0.2, 0.25) is 0 Å². The smallest absolute Gasteiger partial charge is 0.335 e. The number of anilines is 2. The molecule has 0 bridgehead atoms. The van der Waals surface area contributed by atoms with E-state index in [-0.39, 0.29) is 0 Å². The van der Waals surface area contributed by atoms with Crippen molar-refractivity contribution in [2.45, 2.75) is 45.2 Å². The molecule has 1 fully saturated rings. The van der Waals surface area contributed by atoms with E-state index in [1.807, 2.05) is 0 Å². The van der Waals surface area contributed by atoms with E-state index in [9.17, 15) is 4.79 Å². The zero-order valence-corrected chi connectivity index (χ0v) is 10.9. The normalized spacial score (nSPS) is 23.3. The van der Waals surface area contributed by atoms with Crippen LogP contribution < -0.4 is 10.6 Å². The molecular weight excluding hydrogens is 228 g/mol. The summed E-state index contributed by atoms with van der Waals surface area (Å²) in [5.41, 5.74) is 7.84. The standard InChI is InChI=1S/C14H20N2O2/c1-3-11-6-4-9(2)16(11)13-8-10(14(17)18)5-7-12(13)15/h5,7-9,11H,3-4,6,15H2,1-2H3,(H,17,18). The van der Waals surface area contributed by atoms with Gasteiger partial charge in [-0.15, -0.1) is 0 Å². The summed E-state index contributed by atoms with van der Waals surface area (Å²) in [4.78, 5) is 13.3. The van der Waals surface area contributed by atoms with Crippen LogP contribution >= 0.6 is 0 Å². The Labute approximate surface area is 107 Å². The molecule has 0 aromatic heterocycles. The summed E-state index contributed by atoms with van der Waals surface area (Å²) in [7, 11) is 0. The van der Waals surface area contributed by atoms with Gasteiger partial charge in [-0.1, -0.05) is 6.92 Å². The number of hydrogen-bond acceptors (Lipinski definition) is 3. The van der Waals surface area contributed by atoms with Crippen LogP contribution in [-0.2, 0) is 0 Å². The van der Waals surface area contributed by atoms with Gasteiger partial charge in [-0.2, -0.15) is 0 Å². The van der Waals surface area contributed by atoms with E-state index < -0.39 is 5.97 Å². The van der Waals surface area contributed by atoms with Gasteiger partial charge in [-0.25, -0.2) is 4.79 Å². The third-order valence-corrected chi connectivity index (χ3v) is 3.81. The first-order valence-corrected chi connectivity index (χ1v) is 6.45. The highest BCUT2D eigenvalue weighted by molar-refractivity contribution is 5.90. The minimum atomic E-state index is -0.906. The van der Waals surface area contributed by atoms with Crippen LogP contribution in [0.1, 0.15) is 43.5 Å². The van der Waals surface area contributed by atoms with Crippen molar-refractivity contribution in [3.05, 3.63) is 23.8 Å². The Morgan fingerprint density at radius 1 is 1.50 bits per heavy atom. The van der Waals surface area contributed by atoms with E-state index in [0.717, 1.165) is 24.9 Å². The maximum Gasteiger partial charge on any atom is 0.335 e. The lowest BCUT2D eigenvalue weighted by Crippen LogP contribution is -2.34. The van der Waals surface area contributed by atoms with E-state index in [4.69, 9.17) is 10.8 Å². The van der Waals surface area contributed by atoms with Gasteiger partial charge < -0.3 is 15.7 Å². The first-order chi connectivity index (χ1) is 8.54. The molecule has 1 aromatic rings. The molecule has 0 spiro atoms. The van der Waals surface area contributed by atoms with E-state index in [0.29, 0.717) is 23.3 Å². The molecule has 2 unspecified atom stereocenters. The molecule has 1 heterocycles. The van der Waals surface area contributed by atoms with Gasteiger partial charge in [-0.05, 0) is 44.4 Å². The molecule has 4 heteroatoms. The third-order valence-electron chi connectivity index (χ3n) is 3.81. The second-order valence-corrected chi connectivity index (χ2v) is 4.97. The predicted octanol–water partition coefficient (Wildman–Crippen LogP) is 2.73. The van der Waals surface area contributed by atoms with Gasteiger partial charge in [0, 0.05) is 12.1 Å². The molecule has 1 aromatic carbocycles. The van der Waals surface area contributed by atoms with Crippen molar-refractivity contribution in [2.75, 3.05) is 10.6 Å². The fourth-order valence-corrected chi connectivity index (χ4v) is 2.81. The molecule has 0 amide bonds. The molecule has 1 saturated heterocycles. The first-order valence-electron chi connectivity index (χ1n) is 6.45. The predicted molar refractivity (Wildman–Crippen MR) is 73.1 cm³/mol. The molecule has 0 radical (unpaired) electrons. The largest absolute Gasteiger partial charge is 0.478 e. The SMILES string of the molecule is CCC1CCC(C)N1c1cc(C(=O)O)ccc1N. The van der Waals surface area contributed by atoms with Crippen LogP contribution in [0.15, 0.2) is 18.2 Å². The highest BCUT2D eigenvalue weighted by atomic mass is 16.4. The number of benzene rings is 1. The maximum atomic E-state index is 11.1. The third kappa shape index (κ3) is 2.15. The summed E-state index contributed by atoms with van der Waals surface area (Å²) in [6, 6.07) is 5.83. The Kier molecular flexibility index (Phi) is 3.45. The second-order valence-electron chi connectivity index (χ2n) is 4.97. The van der Waals surface area contributed by atoms with Crippen molar-refractivity contribution in [1.82, 2.24) is 0 Å². The van der Waals surface area contributed by atoms with Gasteiger partial charge in [0.1, 0.15) is 0 Å². The minimum Gasteiger partial charge on any atom is -0.478 e. The van der Waals surface area contributed by atoms with Crippen LogP contribution in [0.5, 0.6) is 0 Å². The molecule has 98 valence electrons. The fourth-order valence-electron chi connectivity index (χ4n) is 2.81. The number of aromatic carboxylic acids is 1. The summed E-state index contributed by atoms with van der Waals surface area (Å²) >= 11 is 0. The lowest BCUT2D eigenvalue weighted by Gasteiger charge is -2.31. The van der Waals surface area contributed by atoms with Crippen molar-refractivity contribution in [3.63, 3.8) is 0 Å². The van der Waals surface area contributed by atoms with Crippen molar-refractivity contribution in [1.29, 1.82) is 0 Å². The van der Waals surface area contributed by atoms with Gasteiger partial charge in [0.15, 0.2) is 0 Å². The maximum absolute atomic E-state index is 11.1. The van der Waals surface area contributed by atoms with Crippen LogP contribution in [0.4, 0.5) is 11.4 Å². The Bertz CT molecular complexity index is 459. The Balaban J connectivity index is 2.42. The summed E-state index contributed by atoms with van der Waals surface area (Å²) in [6.07, 6.45) is 3.34. The average molecular weight is 248 g/mol. The highest BCUT2D eigenvalue weighted by Gasteiger charge is 2.30. The van der Waals surface area contributed by atoms with Crippen LogP contribution in [0, 0.1) is 0 Å². The van der Waals surface area contributed by atoms with E-state index in [1.165, 1.54) is 0 Å². The number of nitrogens with two attached hydrogens (primary N) is 1. The molecule has 2 rings (SSSR count). The lowest BCUT2D eigenvalue weighted by molar-refractivity contribution is 0.0697. The van der Waals surface area contributed by atoms with Crippen molar-refractivity contribution >= 4 is 17.3 Å². The number of nitrogens with zero attached hydrogens (tertiary/aromatic N) is 1. The monoisotopic (exact) mass is 248 g/mol. The minimum absolute atomic E-state index is 0.299. The van der Waals surface area contributed by atoms with E-state index >= 15 is 0 Å². The number of carbonyl (C=O) groups is 1. The van der Waals surface area contributed by atoms with Crippen molar-refractivity contribution in [3.8, 4) is 0 Å². The van der Waals surface area contributed by atoms with Crippen LogP contribution in [0.2, 0.25) is 0 Å². The van der Waals surface area contributed by atoms with Crippen LogP contribution in [0.3, 0.4) is 0 Å². The molecule has 1 aliphatic heterocycles. The molecule has 0 aliphatic carbocycles. The zero-order chi connectivity index (χ0) is 13.3. The Morgan fingerprint density at radius 2 is 2.22 bits per heavy atom. The lowest BCUT2D eigenvalue weighted by atomic mass is 10.1. The van der Waals surface area contributed by atoms with Gasteiger partial charge >= 0.3 is 5.97 Å². The van der Waals surface area contributed by atoms with E-state index in [2.05, 4.69) is 18.7 Å². The summed E-state index contributed by atoms with van der Waals surface area (Å²) < 4.78 is 0. The molecule has 18 heavy (non-hydrogen) atoms. The van der Waals surface area contributed by atoms with E-state index in [1.54, 1.807) is 18.2 Å². The molecule has 2 atom stereocenters. The zero-order valence-electron chi connectivity index (χ0n) is 10.9.